The van der Waals surface area contributed by atoms with Gasteiger partial charge in [-0.2, -0.15) is 0 Å². The zero-order chi connectivity index (χ0) is 11.4. The Kier molecular flexibility index (Phi) is 3.85. The molecule has 5 heteroatoms. The zero-order valence-corrected chi connectivity index (χ0v) is 8.84. The Morgan fingerprint density at radius 2 is 1.80 bits per heavy atom. The van der Waals surface area contributed by atoms with Gasteiger partial charge in [0.25, 0.3) is 0 Å². The quantitative estimate of drug-likeness (QED) is 0.668. The molecule has 1 fully saturated rings. The van der Waals surface area contributed by atoms with Gasteiger partial charge in [0.1, 0.15) is 0 Å². The Morgan fingerprint density at radius 3 is 2.27 bits per heavy atom. The standard InChI is InChI=1S/C10H15NO4/c1-7-5-11(6-8(2)15-7)9(12)3-4-10(13)14/h3-4,7-8H,5-6H2,1-2H3,(H,13,14)/b4-3+. The number of ether oxygens (including phenoxy) is 1. The highest BCUT2D eigenvalue weighted by atomic mass is 16.5. The van der Waals surface area contributed by atoms with E-state index in [1.807, 2.05) is 13.8 Å². The van der Waals surface area contributed by atoms with Crippen molar-refractivity contribution < 1.29 is 19.4 Å². The molecule has 2 unspecified atom stereocenters. The molecular formula is C10H15NO4. The molecule has 0 aromatic heterocycles. The van der Waals surface area contributed by atoms with E-state index in [4.69, 9.17) is 9.84 Å². The smallest absolute Gasteiger partial charge is 0.328 e. The van der Waals surface area contributed by atoms with Crippen LogP contribution in [-0.2, 0) is 14.3 Å². The second-order valence-electron chi connectivity index (χ2n) is 3.67. The number of hydrogen-bond donors (Lipinski definition) is 1. The third-order valence-corrected chi connectivity index (χ3v) is 2.10. The van der Waals surface area contributed by atoms with Crippen LogP contribution in [0.25, 0.3) is 0 Å². The van der Waals surface area contributed by atoms with Crippen LogP contribution >= 0.6 is 0 Å². The molecule has 1 amide bonds. The van der Waals surface area contributed by atoms with Gasteiger partial charge in [-0.25, -0.2) is 4.79 Å². The molecule has 1 aliphatic heterocycles. The molecule has 0 saturated carbocycles. The molecule has 0 spiro atoms. The summed E-state index contributed by atoms with van der Waals surface area (Å²) in [7, 11) is 0. The Balaban J connectivity index is 2.55. The molecular weight excluding hydrogens is 198 g/mol. The summed E-state index contributed by atoms with van der Waals surface area (Å²) in [5, 5.41) is 8.38. The van der Waals surface area contributed by atoms with Crippen molar-refractivity contribution in [3.05, 3.63) is 12.2 Å². The zero-order valence-electron chi connectivity index (χ0n) is 8.84. The first-order valence-electron chi connectivity index (χ1n) is 4.84. The number of rotatable bonds is 2. The van der Waals surface area contributed by atoms with Crippen molar-refractivity contribution in [3.63, 3.8) is 0 Å². The Labute approximate surface area is 88.3 Å². The number of carbonyl (C=O) groups is 2. The van der Waals surface area contributed by atoms with E-state index in [1.165, 1.54) is 0 Å². The van der Waals surface area contributed by atoms with Crippen LogP contribution in [0, 0.1) is 0 Å². The molecule has 84 valence electrons. The number of amides is 1. The number of aliphatic carboxylic acids is 1. The number of carboxylic acids is 1. The molecule has 0 aliphatic carbocycles. The van der Waals surface area contributed by atoms with E-state index in [-0.39, 0.29) is 18.1 Å². The Hall–Kier alpha value is -1.36. The van der Waals surface area contributed by atoms with Crippen molar-refractivity contribution in [1.82, 2.24) is 4.90 Å². The van der Waals surface area contributed by atoms with Crippen molar-refractivity contribution in [3.8, 4) is 0 Å². The van der Waals surface area contributed by atoms with Crippen LogP contribution in [0.4, 0.5) is 0 Å². The molecule has 1 saturated heterocycles. The number of carbonyl (C=O) groups excluding carboxylic acids is 1. The minimum atomic E-state index is -1.11. The van der Waals surface area contributed by atoms with E-state index in [2.05, 4.69) is 0 Å². The van der Waals surface area contributed by atoms with Crippen LogP contribution in [0.3, 0.4) is 0 Å². The monoisotopic (exact) mass is 213 g/mol. The maximum Gasteiger partial charge on any atom is 0.328 e. The third-order valence-electron chi connectivity index (χ3n) is 2.10. The van der Waals surface area contributed by atoms with Gasteiger partial charge in [-0.1, -0.05) is 0 Å². The van der Waals surface area contributed by atoms with Crippen LogP contribution in [-0.4, -0.2) is 47.2 Å². The second kappa shape index (κ2) is 4.93. The van der Waals surface area contributed by atoms with E-state index < -0.39 is 5.97 Å². The summed E-state index contributed by atoms with van der Waals surface area (Å²) in [6.45, 7) is 4.79. The van der Waals surface area contributed by atoms with E-state index in [0.717, 1.165) is 12.2 Å². The summed E-state index contributed by atoms with van der Waals surface area (Å²) in [6, 6.07) is 0. The maximum atomic E-state index is 11.5. The summed E-state index contributed by atoms with van der Waals surface area (Å²) in [4.78, 5) is 23.3. The summed E-state index contributed by atoms with van der Waals surface area (Å²) < 4.78 is 5.46. The highest BCUT2D eigenvalue weighted by Gasteiger charge is 2.24. The van der Waals surface area contributed by atoms with Gasteiger partial charge in [0, 0.05) is 25.2 Å². The van der Waals surface area contributed by atoms with E-state index >= 15 is 0 Å². The fraction of sp³-hybridized carbons (Fsp3) is 0.600. The third kappa shape index (κ3) is 3.71. The largest absolute Gasteiger partial charge is 0.478 e. The van der Waals surface area contributed by atoms with Gasteiger partial charge >= 0.3 is 5.97 Å². The fourth-order valence-electron chi connectivity index (χ4n) is 1.61. The summed E-state index contributed by atoms with van der Waals surface area (Å²) in [6.07, 6.45) is 1.92. The van der Waals surface area contributed by atoms with Crippen LogP contribution in [0.15, 0.2) is 12.2 Å². The van der Waals surface area contributed by atoms with Gasteiger partial charge in [-0.05, 0) is 13.8 Å². The Bertz CT molecular complexity index is 277. The summed E-state index contributed by atoms with van der Waals surface area (Å²) in [5.74, 6) is -1.39. The first-order valence-corrected chi connectivity index (χ1v) is 4.84. The lowest BCUT2D eigenvalue weighted by Crippen LogP contribution is -2.47. The van der Waals surface area contributed by atoms with Crippen molar-refractivity contribution in [1.29, 1.82) is 0 Å². The van der Waals surface area contributed by atoms with E-state index in [0.29, 0.717) is 13.1 Å². The topological polar surface area (TPSA) is 66.8 Å². The molecule has 15 heavy (non-hydrogen) atoms. The van der Waals surface area contributed by atoms with Crippen molar-refractivity contribution in [2.24, 2.45) is 0 Å². The molecule has 2 atom stereocenters. The van der Waals surface area contributed by atoms with E-state index in [9.17, 15) is 9.59 Å². The summed E-state index contributed by atoms with van der Waals surface area (Å²) >= 11 is 0. The highest BCUT2D eigenvalue weighted by Crippen LogP contribution is 2.10. The minimum Gasteiger partial charge on any atom is -0.478 e. The second-order valence-corrected chi connectivity index (χ2v) is 3.67. The fourth-order valence-corrected chi connectivity index (χ4v) is 1.61. The highest BCUT2D eigenvalue weighted by molar-refractivity contribution is 5.93. The maximum absolute atomic E-state index is 11.5. The van der Waals surface area contributed by atoms with Gasteiger partial charge < -0.3 is 14.7 Å². The van der Waals surface area contributed by atoms with Crippen LogP contribution in [0.2, 0.25) is 0 Å². The molecule has 0 aromatic carbocycles. The van der Waals surface area contributed by atoms with Crippen LogP contribution < -0.4 is 0 Å². The molecule has 1 N–H and O–H groups in total. The molecule has 0 bridgehead atoms. The lowest BCUT2D eigenvalue weighted by Gasteiger charge is -2.34. The number of nitrogens with zero attached hydrogens (tertiary/aromatic N) is 1. The van der Waals surface area contributed by atoms with Crippen molar-refractivity contribution in [2.45, 2.75) is 26.1 Å². The SMILES string of the molecule is CC1CN(C(=O)/C=C/C(=O)O)CC(C)O1. The average Bonchev–Trinajstić information content (AvgIpc) is 2.12. The number of morpholine rings is 1. The molecule has 1 aliphatic rings. The lowest BCUT2D eigenvalue weighted by atomic mass is 10.2. The van der Waals surface area contributed by atoms with Crippen LogP contribution in [0.1, 0.15) is 13.8 Å². The Morgan fingerprint density at radius 1 is 1.27 bits per heavy atom. The summed E-state index contributed by atoms with van der Waals surface area (Å²) in [5.41, 5.74) is 0. The normalized spacial score (nSPS) is 26.9. The molecule has 0 aromatic rings. The van der Waals surface area contributed by atoms with Gasteiger partial charge in [0.2, 0.25) is 5.91 Å². The van der Waals surface area contributed by atoms with Crippen molar-refractivity contribution in [2.75, 3.05) is 13.1 Å². The predicted molar refractivity (Wildman–Crippen MR) is 53.4 cm³/mol. The van der Waals surface area contributed by atoms with Gasteiger partial charge in [-0.3, -0.25) is 4.79 Å². The van der Waals surface area contributed by atoms with E-state index in [1.54, 1.807) is 4.90 Å². The number of carboxylic acid groups (broad SMARTS) is 1. The molecule has 5 nitrogen and oxygen atoms in total. The molecule has 0 radical (unpaired) electrons. The molecule has 1 rings (SSSR count). The number of hydrogen-bond acceptors (Lipinski definition) is 3. The lowest BCUT2D eigenvalue weighted by molar-refractivity contribution is -0.138. The first kappa shape index (κ1) is 11.7. The van der Waals surface area contributed by atoms with Crippen molar-refractivity contribution >= 4 is 11.9 Å². The average molecular weight is 213 g/mol. The van der Waals surface area contributed by atoms with Gasteiger partial charge in [0.15, 0.2) is 0 Å². The van der Waals surface area contributed by atoms with Crippen LogP contribution in [0.5, 0.6) is 0 Å². The minimum absolute atomic E-state index is 0.00377. The predicted octanol–water partition coefficient (Wildman–Crippen LogP) is 0.263. The molecule has 1 heterocycles. The first-order chi connectivity index (χ1) is 6.99. The van der Waals surface area contributed by atoms with Gasteiger partial charge in [0.05, 0.1) is 12.2 Å². The van der Waals surface area contributed by atoms with Gasteiger partial charge in [-0.15, -0.1) is 0 Å².